The van der Waals surface area contributed by atoms with Gasteiger partial charge in [-0.25, -0.2) is 0 Å². The molecule has 1 rings (SSSR count). The molecule has 2 nitrogen and oxygen atoms in total. The van der Waals surface area contributed by atoms with Gasteiger partial charge in [0.05, 0.1) is 6.10 Å². The standard InChI is InChI=1S/C13H18ClNO/c1-10(2)16-13-6-4-5-12(7-13)9-15-8-11(3)14/h4-7,10,15H,3,8-9H2,1-2H3. The van der Waals surface area contributed by atoms with Gasteiger partial charge in [-0.15, -0.1) is 0 Å². The van der Waals surface area contributed by atoms with E-state index in [1.165, 1.54) is 5.56 Å². The van der Waals surface area contributed by atoms with Crippen molar-refractivity contribution in [2.75, 3.05) is 6.54 Å². The number of nitrogens with one attached hydrogen (secondary N) is 1. The average molecular weight is 240 g/mol. The molecule has 0 saturated carbocycles. The molecule has 16 heavy (non-hydrogen) atoms. The highest BCUT2D eigenvalue weighted by molar-refractivity contribution is 6.29. The van der Waals surface area contributed by atoms with Crippen molar-refractivity contribution in [2.24, 2.45) is 0 Å². The number of benzene rings is 1. The fraction of sp³-hybridized carbons (Fsp3) is 0.385. The second kappa shape index (κ2) is 6.56. The molecule has 1 N–H and O–H groups in total. The molecule has 0 aliphatic rings. The van der Waals surface area contributed by atoms with Gasteiger partial charge >= 0.3 is 0 Å². The first-order valence-corrected chi connectivity index (χ1v) is 5.75. The molecule has 0 heterocycles. The summed E-state index contributed by atoms with van der Waals surface area (Å²) >= 11 is 5.66. The lowest BCUT2D eigenvalue weighted by molar-refractivity contribution is 0.242. The lowest BCUT2D eigenvalue weighted by Crippen LogP contribution is -2.14. The topological polar surface area (TPSA) is 21.3 Å². The Kier molecular flexibility index (Phi) is 5.36. The minimum Gasteiger partial charge on any atom is -0.491 e. The number of rotatable bonds is 6. The second-order valence-electron chi connectivity index (χ2n) is 3.93. The first-order valence-electron chi connectivity index (χ1n) is 5.37. The van der Waals surface area contributed by atoms with Crippen LogP contribution >= 0.6 is 11.6 Å². The van der Waals surface area contributed by atoms with Crippen LogP contribution < -0.4 is 10.1 Å². The van der Waals surface area contributed by atoms with Crippen LogP contribution in [0.5, 0.6) is 5.75 Å². The first kappa shape index (κ1) is 13.1. The van der Waals surface area contributed by atoms with E-state index in [0.717, 1.165) is 12.3 Å². The van der Waals surface area contributed by atoms with Crippen molar-refractivity contribution >= 4 is 11.6 Å². The zero-order chi connectivity index (χ0) is 12.0. The second-order valence-corrected chi connectivity index (χ2v) is 4.47. The van der Waals surface area contributed by atoms with E-state index in [4.69, 9.17) is 16.3 Å². The van der Waals surface area contributed by atoms with Gasteiger partial charge in [-0.1, -0.05) is 30.3 Å². The summed E-state index contributed by atoms with van der Waals surface area (Å²) < 4.78 is 5.61. The van der Waals surface area contributed by atoms with Crippen LogP contribution in [0.3, 0.4) is 0 Å². The molecule has 1 aromatic rings. The van der Waals surface area contributed by atoms with E-state index in [0.29, 0.717) is 11.6 Å². The fourth-order valence-corrected chi connectivity index (χ4v) is 1.44. The number of hydrogen-bond donors (Lipinski definition) is 1. The van der Waals surface area contributed by atoms with Crippen molar-refractivity contribution in [2.45, 2.75) is 26.5 Å². The summed E-state index contributed by atoms with van der Waals surface area (Å²) in [6.07, 6.45) is 0.200. The van der Waals surface area contributed by atoms with Crippen LogP contribution in [0.25, 0.3) is 0 Å². The van der Waals surface area contributed by atoms with Gasteiger partial charge in [-0.05, 0) is 31.5 Å². The molecule has 3 heteroatoms. The summed E-state index contributed by atoms with van der Waals surface area (Å²) in [6, 6.07) is 8.04. The summed E-state index contributed by atoms with van der Waals surface area (Å²) in [5, 5.41) is 3.81. The van der Waals surface area contributed by atoms with E-state index < -0.39 is 0 Å². The lowest BCUT2D eigenvalue weighted by atomic mass is 10.2. The molecule has 0 unspecified atom stereocenters. The number of halogens is 1. The van der Waals surface area contributed by atoms with Crippen LogP contribution in [0.4, 0.5) is 0 Å². The van der Waals surface area contributed by atoms with Gasteiger partial charge < -0.3 is 10.1 Å². The fourth-order valence-electron chi connectivity index (χ4n) is 1.34. The van der Waals surface area contributed by atoms with Gasteiger partial charge in [-0.3, -0.25) is 0 Å². The molecule has 0 bridgehead atoms. The highest BCUT2D eigenvalue weighted by atomic mass is 35.5. The van der Waals surface area contributed by atoms with Gasteiger partial charge in [0.15, 0.2) is 0 Å². The Bertz CT molecular complexity index is 350. The van der Waals surface area contributed by atoms with Crippen molar-refractivity contribution in [1.29, 1.82) is 0 Å². The van der Waals surface area contributed by atoms with Crippen molar-refractivity contribution in [3.05, 3.63) is 41.4 Å². The van der Waals surface area contributed by atoms with E-state index in [9.17, 15) is 0 Å². The summed E-state index contributed by atoms with van der Waals surface area (Å²) in [5.41, 5.74) is 1.18. The lowest BCUT2D eigenvalue weighted by Gasteiger charge is -2.11. The minimum absolute atomic E-state index is 0.200. The van der Waals surface area contributed by atoms with E-state index >= 15 is 0 Å². The summed E-state index contributed by atoms with van der Waals surface area (Å²) in [5.74, 6) is 0.902. The molecule has 0 fully saturated rings. The third-order valence-corrected chi connectivity index (χ3v) is 2.05. The van der Waals surface area contributed by atoms with Gasteiger partial charge in [-0.2, -0.15) is 0 Å². The normalized spacial score (nSPS) is 10.5. The molecule has 0 amide bonds. The molecule has 88 valence electrons. The molecular formula is C13H18ClNO. The van der Waals surface area contributed by atoms with Crippen molar-refractivity contribution < 1.29 is 4.74 Å². The Morgan fingerprint density at radius 2 is 2.25 bits per heavy atom. The molecule has 0 aromatic heterocycles. The molecule has 1 aromatic carbocycles. The van der Waals surface area contributed by atoms with Crippen LogP contribution in [0.2, 0.25) is 0 Å². The molecular weight excluding hydrogens is 222 g/mol. The third-order valence-electron chi connectivity index (χ3n) is 1.92. The van der Waals surface area contributed by atoms with Crippen molar-refractivity contribution in [3.63, 3.8) is 0 Å². The maximum absolute atomic E-state index is 5.66. The Balaban J connectivity index is 2.50. The Hall–Kier alpha value is -0.990. The highest BCUT2D eigenvalue weighted by Gasteiger charge is 1.99. The Labute approximate surface area is 102 Å². The summed E-state index contributed by atoms with van der Waals surface area (Å²) in [4.78, 5) is 0. The van der Waals surface area contributed by atoms with E-state index in [-0.39, 0.29) is 6.10 Å². The van der Waals surface area contributed by atoms with Crippen LogP contribution in [0.15, 0.2) is 35.9 Å². The van der Waals surface area contributed by atoms with Crippen LogP contribution in [0.1, 0.15) is 19.4 Å². The Morgan fingerprint density at radius 1 is 1.50 bits per heavy atom. The SMILES string of the molecule is C=C(Cl)CNCc1cccc(OC(C)C)c1. The van der Waals surface area contributed by atoms with Crippen LogP contribution in [-0.4, -0.2) is 12.6 Å². The quantitative estimate of drug-likeness (QED) is 0.823. The van der Waals surface area contributed by atoms with Gasteiger partial charge in [0.25, 0.3) is 0 Å². The van der Waals surface area contributed by atoms with E-state index in [2.05, 4.69) is 18.0 Å². The largest absolute Gasteiger partial charge is 0.491 e. The Morgan fingerprint density at radius 3 is 2.88 bits per heavy atom. The van der Waals surface area contributed by atoms with Crippen molar-refractivity contribution in [1.82, 2.24) is 5.32 Å². The molecule has 0 spiro atoms. The predicted octanol–water partition coefficient (Wildman–Crippen LogP) is 3.32. The number of hydrogen-bond acceptors (Lipinski definition) is 2. The maximum Gasteiger partial charge on any atom is 0.120 e. The summed E-state index contributed by atoms with van der Waals surface area (Å²) in [7, 11) is 0. The molecule has 0 aliphatic heterocycles. The smallest absolute Gasteiger partial charge is 0.120 e. The van der Waals surface area contributed by atoms with E-state index in [1.807, 2.05) is 32.0 Å². The number of ether oxygens (including phenoxy) is 1. The minimum atomic E-state index is 0.200. The van der Waals surface area contributed by atoms with Crippen LogP contribution in [-0.2, 0) is 6.54 Å². The molecule has 0 aliphatic carbocycles. The van der Waals surface area contributed by atoms with Crippen LogP contribution in [0, 0.1) is 0 Å². The predicted molar refractivity (Wildman–Crippen MR) is 68.9 cm³/mol. The zero-order valence-electron chi connectivity index (χ0n) is 9.79. The third kappa shape index (κ3) is 5.19. The molecule has 0 radical (unpaired) electrons. The van der Waals surface area contributed by atoms with Gasteiger partial charge in [0.1, 0.15) is 5.75 Å². The molecule has 0 saturated heterocycles. The van der Waals surface area contributed by atoms with Gasteiger partial charge in [0.2, 0.25) is 0 Å². The summed E-state index contributed by atoms with van der Waals surface area (Å²) in [6.45, 7) is 9.04. The average Bonchev–Trinajstić information content (AvgIpc) is 2.16. The first-order chi connectivity index (χ1) is 7.58. The highest BCUT2D eigenvalue weighted by Crippen LogP contribution is 2.14. The maximum atomic E-state index is 5.66. The molecule has 0 atom stereocenters. The van der Waals surface area contributed by atoms with Crippen molar-refractivity contribution in [3.8, 4) is 5.75 Å². The van der Waals surface area contributed by atoms with E-state index in [1.54, 1.807) is 0 Å². The van der Waals surface area contributed by atoms with Gasteiger partial charge in [0, 0.05) is 18.1 Å². The monoisotopic (exact) mass is 239 g/mol. The zero-order valence-corrected chi connectivity index (χ0v) is 10.6.